The molecule has 3 N–H and O–H groups in total. The number of nitrogens with zero attached hydrogens (tertiary/aromatic N) is 2. The van der Waals surface area contributed by atoms with Crippen LogP contribution in [0.5, 0.6) is 0 Å². The number of nitrogens with two attached hydrogens (primary N) is 1. The number of ether oxygens (including phenoxy) is 1. The molecule has 0 saturated carbocycles. The molecule has 0 radical (unpaired) electrons. The Labute approximate surface area is 119 Å². The molecule has 0 aromatic carbocycles. The van der Waals surface area contributed by atoms with Crippen LogP contribution in [0.1, 0.15) is 31.2 Å². The van der Waals surface area contributed by atoms with E-state index < -0.39 is 0 Å². The number of halogens is 1. The van der Waals surface area contributed by atoms with Gasteiger partial charge in [0.05, 0.1) is 22.5 Å². The molecule has 3 atom stereocenters. The fraction of sp³-hybridized carbons (Fsp3) is 0.769. The number of hydrogen-bond donors (Lipinski definition) is 2. The van der Waals surface area contributed by atoms with Crippen molar-refractivity contribution < 1.29 is 4.74 Å². The Bertz CT molecular complexity index is 435. The lowest BCUT2D eigenvalue weighted by Gasteiger charge is -2.26. The molecule has 1 aliphatic heterocycles. The summed E-state index contributed by atoms with van der Waals surface area (Å²) in [6, 6.07) is 0.166. The van der Waals surface area contributed by atoms with Gasteiger partial charge < -0.3 is 4.74 Å². The van der Waals surface area contributed by atoms with Crippen LogP contribution in [0.4, 0.5) is 0 Å². The monoisotopic (exact) mass is 286 g/mol. The van der Waals surface area contributed by atoms with Gasteiger partial charge in [0.25, 0.3) is 0 Å². The minimum Gasteiger partial charge on any atom is -0.378 e. The second-order valence-electron chi connectivity index (χ2n) is 5.22. The van der Waals surface area contributed by atoms with Crippen LogP contribution in [0.2, 0.25) is 5.02 Å². The maximum absolute atomic E-state index is 6.31. The zero-order valence-corrected chi connectivity index (χ0v) is 12.6. The zero-order chi connectivity index (χ0) is 14.0. The molecule has 0 bridgehead atoms. The van der Waals surface area contributed by atoms with Gasteiger partial charge in [-0.3, -0.25) is 16.0 Å². The van der Waals surface area contributed by atoms with Crippen LogP contribution in [0.3, 0.4) is 0 Å². The average Bonchev–Trinajstić information content (AvgIpc) is 2.95. The fourth-order valence-corrected chi connectivity index (χ4v) is 3.23. The van der Waals surface area contributed by atoms with Gasteiger partial charge in [-0.25, -0.2) is 0 Å². The Morgan fingerprint density at radius 2 is 2.37 bits per heavy atom. The summed E-state index contributed by atoms with van der Waals surface area (Å²) in [7, 11) is 1.92. The first-order chi connectivity index (χ1) is 9.08. The smallest absolute Gasteiger partial charge is 0.0847 e. The topological polar surface area (TPSA) is 65.1 Å². The number of nitrogens with one attached hydrogen (secondary N) is 1. The average molecular weight is 287 g/mol. The highest BCUT2D eigenvalue weighted by Gasteiger charge is 2.34. The van der Waals surface area contributed by atoms with Crippen LogP contribution in [0, 0.1) is 12.8 Å². The molecule has 5 nitrogen and oxygen atoms in total. The number of aryl methyl sites for hydroxylation is 2. The molecule has 1 aromatic heterocycles. The third-order valence-electron chi connectivity index (χ3n) is 4.07. The summed E-state index contributed by atoms with van der Waals surface area (Å²) >= 11 is 6.31. The van der Waals surface area contributed by atoms with Crippen LogP contribution in [-0.4, -0.2) is 28.5 Å². The van der Waals surface area contributed by atoms with Crippen molar-refractivity contribution in [3.05, 3.63) is 16.4 Å². The summed E-state index contributed by atoms with van der Waals surface area (Å²) in [6.45, 7) is 4.89. The predicted octanol–water partition coefficient (Wildman–Crippen LogP) is 1.57. The summed E-state index contributed by atoms with van der Waals surface area (Å²) in [5.41, 5.74) is 4.84. The van der Waals surface area contributed by atoms with Crippen molar-refractivity contribution in [2.24, 2.45) is 18.8 Å². The maximum Gasteiger partial charge on any atom is 0.0847 e. The minimum absolute atomic E-state index is 0.166. The van der Waals surface area contributed by atoms with Gasteiger partial charge in [0.15, 0.2) is 0 Å². The van der Waals surface area contributed by atoms with Gasteiger partial charge in [-0.2, -0.15) is 5.10 Å². The third-order valence-corrected chi connectivity index (χ3v) is 4.56. The van der Waals surface area contributed by atoms with Crippen LogP contribution < -0.4 is 11.3 Å². The minimum atomic E-state index is 0.166. The molecule has 6 heteroatoms. The lowest BCUT2D eigenvalue weighted by atomic mass is 9.89. The highest BCUT2D eigenvalue weighted by molar-refractivity contribution is 6.31. The lowest BCUT2D eigenvalue weighted by Crippen LogP contribution is -2.45. The van der Waals surface area contributed by atoms with E-state index in [0.29, 0.717) is 5.92 Å². The standard InChI is InChI=1S/C13H23ClN4O/c1-4-12-9(5-6-19-12)10(16-15)7-11-13(14)8(2)17-18(11)3/h9-10,12,16H,4-7,15H2,1-3H3. The Balaban J connectivity index is 2.14. The van der Waals surface area contributed by atoms with Crippen molar-refractivity contribution in [3.63, 3.8) is 0 Å². The van der Waals surface area contributed by atoms with Crippen molar-refractivity contribution in [1.29, 1.82) is 0 Å². The summed E-state index contributed by atoms with van der Waals surface area (Å²) in [5.74, 6) is 6.18. The number of hydrogen-bond acceptors (Lipinski definition) is 4. The van der Waals surface area contributed by atoms with Crippen molar-refractivity contribution in [2.45, 2.75) is 45.3 Å². The third kappa shape index (κ3) is 2.94. The molecular weight excluding hydrogens is 264 g/mol. The molecule has 2 rings (SSSR count). The van der Waals surface area contributed by atoms with E-state index in [-0.39, 0.29) is 12.1 Å². The zero-order valence-electron chi connectivity index (χ0n) is 11.8. The van der Waals surface area contributed by atoms with Crippen molar-refractivity contribution in [3.8, 4) is 0 Å². The molecule has 1 aliphatic rings. The van der Waals surface area contributed by atoms with E-state index >= 15 is 0 Å². The molecule has 0 amide bonds. The summed E-state index contributed by atoms with van der Waals surface area (Å²) in [6.07, 6.45) is 3.12. The molecule has 0 aliphatic carbocycles. The Morgan fingerprint density at radius 1 is 1.63 bits per heavy atom. The second-order valence-corrected chi connectivity index (χ2v) is 5.59. The van der Waals surface area contributed by atoms with E-state index in [9.17, 15) is 0 Å². The largest absolute Gasteiger partial charge is 0.378 e. The molecule has 19 heavy (non-hydrogen) atoms. The van der Waals surface area contributed by atoms with Gasteiger partial charge in [-0.05, 0) is 19.8 Å². The fourth-order valence-electron chi connectivity index (χ4n) is 2.99. The van der Waals surface area contributed by atoms with E-state index in [1.54, 1.807) is 0 Å². The molecule has 0 spiro atoms. The van der Waals surface area contributed by atoms with E-state index in [4.69, 9.17) is 22.2 Å². The van der Waals surface area contributed by atoms with Crippen LogP contribution in [-0.2, 0) is 18.2 Å². The first-order valence-electron chi connectivity index (χ1n) is 6.84. The maximum atomic E-state index is 6.31. The van der Waals surface area contributed by atoms with Crippen molar-refractivity contribution >= 4 is 11.6 Å². The van der Waals surface area contributed by atoms with Gasteiger partial charge >= 0.3 is 0 Å². The van der Waals surface area contributed by atoms with E-state index in [2.05, 4.69) is 17.4 Å². The highest BCUT2D eigenvalue weighted by Crippen LogP contribution is 2.29. The lowest BCUT2D eigenvalue weighted by molar-refractivity contribution is 0.0772. The summed E-state index contributed by atoms with van der Waals surface area (Å²) in [5, 5.41) is 5.09. The molecular formula is C13H23ClN4O. The highest BCUT2D eigenvalue weighted by atomic mass is 35.5. The van der Waals surface area contributed by atoms with Gasteiger partial charge in [0, 0.05) is 32.0 Å². The second kappa shape index (κ2) is 6.22. The molecule has 1 aromatic rings. The van der Waals surface area contributed by atoms with Gasteiger partial charge in [-0.15, -0.1) is 0 Å². The molecule has 3 unspecified atom stereocenters. The van der Waals surface area contributed by atoms with Gasteiger partial charge in [0.1, 0.15) is 0 Å². The Hall–Kier alpha value is -0.620. The normalized spacial score (nSPS) is 24.9. The van der Waals surface area contributed by atoms with Crippen molar-refractivity contribution in [2.75, 3.05) is 6.61 Å². The van der Waals surface area contributed by atoms with E-state index in [0.717, 1.165) is 42.3 Å². The van der Waals surface area contributed by atoms with Gasteiger partial charge in [-0.1, -0.05) is 18.5 Å². The van der Waals surface area contributed by atoms with E-state index in [1.807, 2.05) is 18.7 Å². The first kappa shape index (κ1) is 14.8. The van der Waals surface area contributed by atoms with Crippen LogP contribution in [0.25, 0.3) is 0 Å². The van der Waals surface area contributed by atoms with Crippen molar-refractivity contribution in [1.82, 2.24) is 15.2 Å². The number of aromatic nitrogens is 2. The first-order valence-corrected chi connectivity index (χ1v) is 7.22. The Kier molecular flexibility index (Phi) is 4.84. The summed E-state index contributed by atoms with van der Waals surface area (Å²) < 4.78 is 7.60. The van der Waals surface area contributed by atoms with E-state index in [1.165, 1.54) is 0 Å². The Morgan fingerprint density at radius 3 is 2.89 bits per heavy atom. The predicted molar refractivity (Wildman–Crippen MR) is 75.9 cm³/mol. The SMILES string of the molecule is CCC1OCCC1C(Cc1c(Cl)c(C)nn1C)NN. The number of hydrazine groups is 1. The van der Waals surface area contributed by atoms with Crippen LogP contribution in [0.15, 0.2) is 0 Å². The van der Waals surface area contributed by atoms with Gasteiger partial charge in [0.2, 0.25) is 0 Å². The number of rotatable bonds is 5. The molecule has 108 valence electrons. The summed E-state index contributed by atoms with van der Waals surface area (Å²) in [4.78, 5) is 0. The molecule has 2 heterocycles. The molecule has 1 fully saturated rings. The molecule has 1 saturated heterocycles. The quantitative estimate of drug-likeness (QED) is 0.637. The van der Waals surface area contributed by atoms with Crippen LogP contribution >= 0.6 is 11.6 Å².